The minimum atomic E-state index is 0.621. The van der Waals surface area contributed by atoms with Gasteiger partial charge in [0.15, 0.2) is 0 Å². The van der Waals surface area contributed by atoms with Crippen LogP contribution in [0.3, 0.4) is 0 Å². The van der Waals surface area contributed by atoms with Gasteiger partial charge >= 0.3 is 0 Å². The highest BCUT2D eigenvalue weighted by Crippen LogP contribution is 2.20. The summed E-state index contributed by atoms with van der Waals surface area (Å²) >= 11 is 0. The Morgan fingerprint density at radius 3 is 2.50 bits per heavy atom. The maximum atomic E-state index is 9.42. The molecule has 0 bridgehead atoms. The molecule has 20 heavy (non-hydrogen) atoms. The summed E-state index contributed by atoms with van der Waals surface area (Å²) < 4.78 is 0. The molecule has 3 heteroatoms. The van der Waals surface area contributed by atoms with Gasteiger partial charge in [-0.25, -0.2) is 0 Å². The second-order valence-electron chi connectivity index (χ2n) is 4.81. The van der Waals surface area contributed by atoms with Gasteiger partial charge in [-0.2, -0.15) is 15.5 Å². The van der Waals surface area contributed by atoms with Crippen molar-refractivity contribution in [2.45, 2.75) is 13.3 Å². The molecular weight excluding hydrogens is 246 g/mol. The van der Waals surface area contributed by atoms with Crippen molar-refractivity contribution in [1.82, 2.24) is 10.2 Å². The molecule has 0 amide bonds. The topological polar surface area (TPSA) is 49.6 Å². The largest absolute Gasteiger partial charge is 0.192 e. The van der Waals surface area contributed by atoms with Crippen LogP contribution in [0.4, 0.5) is 0 Å². The van der Waals surface area contributed by atoms with E-state index in [1.165, 1.54) is 5.56 Å². The van der Waals surface area contributed by atoms with Gasteiger partial charge in [0.05, 0.1) is 16.8 Å². The fourth-order valence-corrected chi connectivity index (χ4v) is 2.24. The number of rotatable bonds is 2. The van der Waals surface area contributed by atoms with Crippen LogP contribution in [0, 0.1) is 18.3 Å². The van der Waals surface area contributed by atoms with E-state index in [0.29, 0.717) is 12.0 Å². The first-order valence-corrected chi connectivity index (χ1v) is 6.48. The van der Waals surface area contributed by atoms with E-state index in [1.807, 2.05) is 24.3 Å². The van der Waals surface area contributed by atoms with E-state index >= 15 is 0 Å². The minimum absolute atomic E-state index is 0.621. The van der Waals surface area contributed by atoms with Crippen molar-refractivity contribution in [3.63, 3.8) is 0 Å². The zero-order valence-electron chi connectivity index (χ0n) is 11.2. The first-order chi connectivity index (χ1) is 9.78. The first kappa shape index (κ1) is 12.3. The molecule has 1 aromatic heterocycles. The molecule has 0 aliphatic heterocycles. The van der Waals surface area contributed by atoms with Gasteiger partial charge in [-0.1, -0.05) is 48.0 Å². The van der Waals surface area contributed by atoms with E-state index in [9.17, 15) is 5.26 Å². The van der Waals surface area contributed by atoms with Crippen LogP contribution in [-0.4, -0.2) is 10.2 Å². The summed E-state index contributed by atoms with van der Waals surface area (Å²) in [4.78, 5) is 0. The second kappa shape index (κ2) is 5.10. The molecule has 0 aliphatic rings. The lowest BCUT2D eigenvalue weighted by molar-refractivity contribution is 0.958. The molecule has 0 N–H and O–H groups in total. The number of nitrogens with zero attached hydrogens (tertiary/aromatic N) is 3. The Labute approximate surface area is 117 Å². The summed E-state index contributed by atoms with van der Waals surface area (Å²) in [6, 6.07) is 18.1. The molecule has 1 heterocycles. The molecule has 96 valence electrons. The quantitative estimate of drug-likeness (QED) is 0.708. The van der Waals surface area contributed by atoms with Gasteiger partial charge in [-0.05, 0) is 18.6 Å². The third kappa shape index (κ3) is 2.24. The van der Waals surface area contributed by atoms with E-state index < -0.39 is 0 Å². The molecule has 2 aromatic carbocycles. The molecule has 3 nitrogen and oxygen atoms in total. The maximum absolute atomic E-state index is 9.42. The average Bonchev–Trinajstić information content (AvgIpc) is 2.49. The van der Waals surface area contributed by atoms with Crippen LogP contribution in [0.5, 0.6) is 0 Å². The predicted molar refractivity (Wildman–Crippen MR) is 78.2 cm³/mol. The van der Waals surface area contributed by atoms with Crippen molar-refractivity contribution in [3.05, 3.63) is 70.9 Å². The van der Waals surface area contributed by atoms with Crippen LogP contribution >= 0.6 is 0 Å². The van der Waals surface area contributed by atoms with Crippen molar-refractivity contribution in [2.24, 2.45) is 0 Å². The first-order valence-electron chi connectivity index (χ1n) is 6.48. The fraction of sp³-hybridized carbons (Fsp3) is 0.118. The Hall–Kier alpha value is -2.73. The van der Waals surface area contributed by atoms with Crippen LogP contribution in [0.1, 0.15) is 22.4 Å². The van der Waals surface area contributed by atoms with Crippen LogP contribution in [0.15, 0.2) is 48.5 Å². The minimum Gasteiger partial charge on any atom is -0.192 e. The lowest BCUT2D eigenvalue weighted by Crippen LogP contribution is -2.00. The van der Waals surface area contributed by atoms with E-state index in [-0.39, 0.29) is 0 Å². The molecule has 0 aliphatic carbocycles. The smallest absolute Gasteiger partial charge is 0.102 e. The number of nitriles is 1. The van der Waals surface area contributed by atoms with Crippen LogP contribution in [-0.2, 0) is 6.42 Å². The van der Waals surface area contributed by atoms with E-state index in [0.717, 1.165) is 22.2 Å². The number of hydrogen-bond acceptors (Lipinski definition) is 3. The number of fused-ring (bicyclic) bond motifs is 1. The van der Waals surface area contributed by atoms with Gasteiger partial charge < -0.3 is 0 Å². The van der Waals surface area contributed by atoms with Crippen LogP contribution in [0.2, 0.25) is 0 Å². The van der Waals surface area contributed by atoms with E-state index in [2.05, 4.69) is 47.5 Å². The molecule has 0 saturated heterocycles. The summed E-state index contributed by atoms with van der Waals surface area (Å²) in [5, 5.41) is 18.7. The highest BCUT2D eigenvalue weighted by atomic mass is 15.1. The summed E-state index contributed by atoms with van der Waals surface area (Å²) in [6.07, 6.45) is 0.626. The zero-order valence-corrected chi connectivity index (χ0v) is 11.2. The van der Waals surface area contributed by atoms with Crippen molar-refractivity contribution < 1.29 is 0 Å². The molecule has 3 rings (SSSR count). The molecule has 0 fully saturated rings. The van der Waals surface area contributed by atoms with Gasteiger partial charge in [0.25, 0.3) is 0 Å². The van der Waals surface area contributed by atoms with Crippen molar-refractivity contribution in [1.29, 1.82) is 5.26 Å². The highest BCUT2D eigenvalue weighted by Gasteiger charge is 2.10. The number of aryl methyl sites for hydroxylation is 1. The number of benzene rings is 2. The van der Waals surface area contributed by atoms with Gasteiger partial charge in [0, 0.05) is 11.8 Å². The third-order valence-corrected chi connectivity index (χ3v) is 3.34. The summed E-state index contributed by atoms with van der Waals surface area (Å²) in [6.45, 7) is 2.06. The monoisotopic (exact) mass is 259 g/mol. The zero-order chi connectivity index (χ0) is 13.9. The van der Waals surface area contributed by atoms with Gasteiger partial charge in [-0.3, -0.25) is 0 Å². The Morgan fingerprint density at radius 2 is 1.75 bits per heavy atom. The Balaban J connectivity index is 2.08. The number of aromatic nitrogens is 2. The van der Waals surface area contributed by atoms with Crippen molar-refractivity contribution in [2.75, 3.05) is 0 Å². The standard InChI is InChI=1S/C17H13N3/c1-12-6-8-13(9-7-12)10-17-15(11-18)14-4-2-3-5-16(14)19-20-17/h2-9H,10H2,1H3. The van der Waals surface area contributed by atoms with Crippen LogP contribution < -0.4 is 0 Å². The summed E-state index contributed by atoms with van der Waals surface area (Å²) in [7, 11) is 0. The van der Waals surface area contributed by atoms with Crippen molar-refractivity contribution in [3.8, 4) is 6.07 Å². The molecule has 0 radical (unpaired) electrons. The number of hydrogen-bond donors (Lipinski definition) is 0. The Morgan fingerprint density at radius 1 is 1.00 bits per heavy atom. The average molecular weight is 259 g/mol. The summed E-state index contributed by atoms with van der Waals surface area (Å²) in [5.41, 5.74) is 4.47. The molecule has 0 unspecified atom stereocenters. The van der Waals surface area contributed by atoms with E-state index in [1.54, 1.807) is 0 Å². The normalized spacial score (nSPS) is 10.4. The predicted octanol–water partition coefficient (Wildman–Crippen LogP) is 3.40. The molecule has 0 spiro atoms. The summed E-state index contributed by atoms with van der Waals surface area (Å²) in [5.74, 6) is 0. The Bertz CT molecular complexity index is 799. The van der Waals surface area contributed by atoms with E-state index in [4.69, 9.17) is 0 Å². The lowest BCUT2D eigenvalue weighted by atomic mass is 10.0. The highest BCUT2D eigenvalue weighted by molar-refractivity contribution is 5.84. The maximum Gasteiger partial charge on any atom is 0.102 e. The van der Waals surface area contributed by atoms with Crippen LogP contribution in [0.25, 0.3) is 10.9 Å². The molecule has 3 aromatic rings. The van der Waals surface area contributed by atoms with Gasteiger partial charge in [-0.15, -0.1) is 0 Å². The Kier molecular flexibility index (Phi) is 3.14. The van der Waals surface area contributed by atoms with Gasteiger partial charge in [0.2, 0.25) is 0 Å². The SMILES string of the molecule is Cc1ccc(Cc2nnc3ccccc3c2C#N)cc1. The van der Waals surface area contributed by atoms with Gasteiger partial charge in [0.1, 0.15) is 6.07 Å². The molecule has 0 atom stereocenters. The fourth-order valence-electron chi connectivity index (χ4n) is 2.24. The van der Waals surface area contributed by atoms with Crippen molar-refractivity contribution >= 4 is 10.9 Å². The molecule has 0 saturated carbocycles. The molecular formula is C17H13N3. The lowest BCUT2D eigenvalue weighted by Gasteiger charge is -2.06. The third-order valence-electron chi connectivity index (χ3n) is 3.34. The second-order valence-corrected chi connectivity index (χ2v) is 4.81.